The number of carbonyl (C=O) groups is 2. The van der Waals surface area contributed by atoms with Crippen LogP contribution in [-0.2, 0) is 15.8 Å². The number of amides is 2. The molecule has 2 rings (SSSR count). The summed E-state index contributed by atoms with van der Waals surface area (Å²) >= 11 is 0. The number of halogens is 3. The smallest absolute Gasteiger partial charge is 0.332 e. The third-order valence-corrected chi connectivity index (χ3v) is 3.78. The molecule has 0 aliphatic carbocycles. The van der Waals surface area contributed by atoms with E-state index < -0.39 is 29.2 Å². The number of nitrogens with zero attached hydrogens (tertiary/aromatic N) is 2. The molecule has 1 aliphatic rings. The highest BCUT2D eigenvalue weighted by Crippen LogP contribution is 2.34. The predicted octanol–water partition coefficient (Wildman–Crippen LogP) is 1.81. The first-order valence-electron chi connectivity index (χ1n) is 7.31. The molecule has 5 nitrogen and oxygen atoms in total. The molecule has 1 heterocycles. The normalized spacial score (nSPS) is 16.3. The lowest BCUT2D eigenvalue weighted by molar-refractivity contribution is -0.144. The van der Waals surface area contributed by atoms with Gasteiger partial charge in [-0.2, -0.15) is 13.2 Å². The molecule has 1 aromatic carbocycles. The maximum atomic E-state index is 12.9. The van der Waals surface area contributed by atoms with E-state index in [1.54, 1.807) is 0 Å². The van der Waals surface area contributed by atoms with Gasteiger partial charge in [-0.3, -0.25) is 9.59 Å². The van der Waals surface area contributed by atoms with Crippen LogP contribution >= 0.6 is 0 Å². The van der Waals surface area contributed by atoms with Gasteiger partial charge >= 0.3 is 18.0 Å². The topological polar surface area (TPSA) is 52.7 Å². The van der Waals surface area contributed by atoms with Crippen molar-refractivity contribution in [2.24, 2.45) is 0 Å². The second-order valence-electron chi connectivity index (χ2n) is 5.22. The van der Waals surface area contributed by atoms with Crippen molar-refractivity contribution in [1.82, 2.24) is 9.80 Å². The quantitative estimate of drug-likeness (QED) is 0.842. The zero-order valence-corrected chi connectivity index (χ0v) is 12.7. The Kier molecular flexibility index (Phi) is 5.25. The zero-order valence-electron chi connectivity index (χ0n) is 12.7. The number of carbonyl (C=O) groups excluding carboxylic acids is 2. The minimum Gasteiger partial charge on any atom is -0.332 e. The lowest BCUT2D eigenvalue weighted by atomic mass is 10.1. The average Bonchev–Trinajstić information content (AvgIpc) is 2.53. The highest BCUT2D eigenvalue weighted by Gasteiger charge is 2.34. The predicted molar refractivity (Wildman–Crippen MR) is 78.8 cm³/mol. The second-order valence-corrected chi connectivity index (χ2v) is 5.22. The molecule has 0 unspecified atom stereocenters. The van der Waals surface area contributed by atoms with E-state index in [0.29, 0.717) is 26.2 Å². The first-order valence-corrected chi connectivity index (χ1v) is 7.31. The summed E-state index contributed by atoms with van der Waals surface area (Å²) in [5.41, 5.74) is -1.39. The Morgan fingerprint density at radius 3 is 2.30 bits per heavy atom. The average molecular weight is 329 g/mol. The Morgan fingerprint density at radius 2 is 1.74 bits per heavy atom. The molecule has 8 heteroatoms. The first-order chi connectivity index (χ1) is 10.8. The van der Waals surface area contributed by atoms with Crippen molar-refractivity contribution >= 4 is 17.5 Å². The molecule has 1 aromatic rings. The highest BCUT2D eigenvalue weighted by atomic mass is 19.4. The number of anilines is 1. The van der Waals surface area contributed by atoms with E-state index in [1.807, 2.05) is 6.92 Å². The minimum atomic E-state index is -4.60. The van der Waals surface area contributed by atoms with E-state index in [1.165, 1.54) is 17.0 Å². The minimum absolute atomic E-state index is 0.390. The highest BCUT2D eigenvalue weighted by molar-refractivity contribution is 6.39. The molecular weight excluding hydrogens is 311 g/mol. The summed E-state index contributed by atoms with van der Waals surface area (Å²) in [6.07, 6.45) is -4.60. The van der Waals surface area contributed by atoms with Crippen molar-refractivity contribution in [2.45, 2.75) is 13.1 Å². The number of para-hydroxylation sites is 1. The molecule has 1 saturated heterocycles. The largest absolute Gasteiger partial charge is 0.418 e. The fourth-order valence-corrected chi connectivity index (χ4v) is 2.43. The Bertz CT molecular complexity index is 582. The lowest BCUT2D eigenvalue weighted by Crippen LogP contribution is -2.51. The van der Waals surface area contributed by atoms with Gasteiger partial charge in [0.2, 0.25) is 0 Å². The first kappa shape index (κ1) is 17.3. The molecule has 1 N–H and O–H groups in total. The summed E-state index contributed by atoms with van der Waals surface area (Å²) in [5.74, 6) is -1.86. The van der Waals surface area contributed by atoms with Gasteiger partial charge in [0.25, 0.3) is 0 Å². The van der Waals surface area contributed by atoms with E-state index >= 15 is 0 Å². The van der Waals surface area contributed by atoms with Crippen molar-refractivity contribution < 1.29 is 22.8 Å². The molecule has 0 aromatic heterocycles. The van der Waals surface area contributed by atoms with Crippen LogP contribution in [0.5, 0.6) is 0 Å². The van der Waals surface area contributed by atoms with Crippen LogP contribution in [0.2, 0.25) is 0 Å². The van der Waals surface area contributed by atoms with Crippen molar-refractivity contribution in [3.05, 3.63) is 29.8 Å². The molecule has 0 spiro atoms. The monoisotopic (exact) mass is 329 g/mol. The van der Waals surface area contributed by atoms with Gasteiger partial charge in [0, 0.05) is 26.2 Å². The summed E-state index contributed by atoms with van der Waals surface area (Å²) in [6.45, 7) is 4.93. The number of benzene rings is 1. The van der Waals surface area contributed by atoms with E-state index in [-0.39, 0.29) is 0 Å². The van der Waals surface area contributed by atoms with Gasteiger partial charge in [-0.05, 0) is 18.7 Å². The van der Waals surface area contributed by atoms with E-state index in [2.05, 4.69) is 10.2 Å². The van der Waals surface area contributed by atoms with Gasteiger partial charge in [-0.1, -0.05) is 19.1 Å². The summed E-state index contributed by atoms with van der Waals surface area (Å²) in [7, 11) is 0. The molecule has 0 saturated carbocycles. The Hall–Kier alpha value is -2.09. The van der Waals surface area contributed by atoms with Gasteiger partial charge in [0.05, 0.1) is 11.3 Å². The van der Waals surface area contributed by atoms with Crippen LogP contribution in [-0.4, -0.2) is 54.3 Å². The second kappa shape index (κ2) is 6.99. The fraction of sp³-hybridized carbons (Fsp3) is 0.467. The van der Waals surface area contributed by atoms with Crippen LogP contribution in [0.3, 0.4) is 0 Å². The Morgan fingerprint density at radius 1 is 1.13 bits per heavy atom. The van der Waals surface area contributed by atoms with Crippen LogP contribution in [0, 0.1) is 0 Å². The van der Waals surface area contributed by atoms with E-state index in [4.69, 9.17) is 0 Å². The summed E-state index contributed by atoms with van der Waals surface area (Å²) in [5, 5.41) is 2.08. The van der Waals surface area contributed by atoms with Gasteiger partial charge in [-0.15, -0.1) is 0 Å². The maximum absolute atomic E-state index is 12.9. The lowest BCUT2D eigenvalue weighted by Gasteiger charge is -2.33. The van der Waals surface area contributed by atoms with Crippen molar-refractivity contribution in [1.29, 1.82) is 0 Å². The fourth-order valence-electron chi connectivity index (χ4n) is 2.43. The van der Waals surface area contributed by atoms with Crippen molar-refractivity contribution in [2.75, 3.05) is 38.0 Å². The van der Waals surface area contributed by atoms with Crippen molar-refractivity contribution in [3.8, 4) is 0 Å². The number of rotatable bonds is 2. The number of likely N-dealkylation sites (N-methyl/N-ethyl adjacent to an activating group) is 1. The molecule has 2 amide bonds. The molecule has 23 heavy (non-hydrogen) atoms. The summed E-state index contributed by atoms with van der Waals surface area (Å²) < 4.78 is 38.7. The van der Waals surface area contributed by atoms with Crippen LogP contribution in [0.4, 0.5) is 18.9 Å². The zero-order chi connectivity index (χ0) is 17.0. The molecule has 1 fully saturated rings. The number of piperazine rings is 1. The van der Waals surface area contributed by atoms with Gasteiger partial charge in [-0.25, -0.2) is 0 Å². The van der Waals surface area contributed by atoms with Crippen LogP contribution < -0.4 is 5.32 Å². The third kappa shape index (κ3) is 4.22. The molecular formula is C15H18F3N3O2. The standard InChI is InChI=1S/C15H18F3N3O2/c1-2-20-7-9-21(10-8-20)14(23)13(22)19-12-6-4-3-5-11(12)15(16,17)18/h3-6H,2,7-10H2,1H3,(H,19,22). The molecule has 0 atom stereocenters. The number of hydrogen-bond donors (Lipinski definition) is 1. The number of alkyl halides is 3. The number of nitrogens with one attached hydrogen (secondary N) is 1. The third-order valence-electron chi connectivity index (χ3n) is 3.78. The van der Waals surface area contributed by atoms with E-state index in [0.717, 1.165) is 18.7 Å². The SMILES string of the molecule is CCN1CCN(C(=O)C(=O)Nc2ccccc2C(F)(F)F)CC1. The summed E-state index contributed by atoms with van der Waals surface area (Å²) in [4.78, 5) is 27.5. The van der Waals surface area contributed by atoms with E-state index in [9.17, 15) is 22.8 Å². The van der Waals surface area contributed by atoms with Crippen LogP contribution in [0.1, 0.15) is 12.5 Å². The molecule has 1 aliphatic heterocycles. The molecule has 0 bridgehead atoms. The molecule has 0 radical (unpaired) electrons. The van der Waals surface area contributed by atoms with Crippen molar-refractivity contribution in [3.63, 3.8) is 0 Å². The van der Waals surface area contributed by atoms with Crippen LogP contribution in [0.15, 0.2) is 24.3 Å². The maximum Gasteiger partial charge on any atom is 0.418 e. The van der Waals surface area contributed by atoms with Gasteiger partial charge in [0.15, 0.2) is 0 Å². The van der Waals surface area contributed by atoms with Gasteiger partial charge < -0.3 is 15.1 Å². The molecule has 126 valence electrons. The Labute approximate surface area is 132 Å². The Balaban J connectivity index is 2.04. The number of hydrogen-bond acceptors (Lipinski definition) is 3. The summed E-state index contributed by atoms with van der Waals surface area (Å²) in [6, 6.07) is 4.59. The van der Waals surface area contributed by atoms with Crippen LogP contribution in [0.25, 0.3) is 0 Å². The van der Waals surface area contributed by atoms with Gasteiger partial charge in [0.1, 0.15) is 0 Å².